The number of fused-ring (bicyclic) bond motifs is 1. The lowest BCUT2D eigenvalue weighted by Crippen LogP contribution is -2.60. The molecule has 3 fully saturated rings. The van der Waals surface area contributed by atoms with Crippen molar-refractivity contribution in [2.24, 2.45) is 11.8 Å². The second-order valence-electron chi connectivity index (χ2n) is 11.6. The van der Waals surface area contributed by atoms with E-state index >= 15 is 0 Å². The Bertz CT molecular complexity index is 867. The normalized spacial score (nSPS) is 30.9. The van der Waals surface area contributed by atoms with E-state index in [1.165, 1.54) is 0 Å². The predicted octanol–water partition coefficient (Wildman–Crippen LogP) is 3.24. The van der Waals surface area contributed by atoms with Crippen molar-refractivity contribution in [1.82, 2.24) is 9.80 Å². The molecule has 1 spiro atoms. The first-order valence-corrected chi connectivity index (χ1v) is 13.3. The minimum atomic E-state index is -1.06. The molecule has 3 saturated heterocycles. The summed E-state index contributed by atoms with van der Waals surface area (Å²) in [4.78, 5) is 44.9. The van der Waals surface area contributed by atoms with Gasteiger partial charge in [-0.25, -0.2) is 0 Å². The number of allylic oxidation sites excluding steroid dienone is 1. The Morgan fingerprint density at radius 3 is 2.53 bits per heavy atom. The number of aliphatic hydroxyl groups is 1. The van der Waals surface area contributed by atoms with Gasteiger partial charge in [-0.1, -0.05) is 12.2 Å². The predicted molar refractivity (Wildman–Crippen MR) is 137 cm³/mol. The molecule has 3 aliphatic rings. The molecule has 2 bridgehead atoms. The number of hydrogen-bond acceptors (Lipinski definition) is 6. The summed E-state index contributed by atoms with van der Waals surface area (Å²) in [6, 6.07) is -0.816. The number of nitrogens with zero attached hydrogens (tertiary/aromatic N) is 2. The zero-order valence-corrected chi connectivity index (χ0v) is 22.5. The van der Waals surface area contributed by atoms with E-state index in [0.717, 1.165) is 12.8 Å². The van der Waals surface area contributed by atoms with Crippen LogP contribution >= 0.6 is 0 Å². The molecule has 8 nitrogen and oxygen atoms in total. The van der Waals surface area contributed by atoms with Crippen LogP contribution in [0.15, 0.2) is 25.3 Å². The summed E-state index contributed by atoms with van der Waals surface area (Å²) in [5, 5.41) is 9.19. The van der Waals surface area contributed by atoms with Gasteiger partial charge >= 0.3 is 5.97 Å². The zero-order chi connectivity index (χ0) is 26.7. The van der Waals surface area contributed by atoms with Crippen LogP contribution in [0.1, 0.15) is 72.6 Å². The van der Waals surface area contributed by atoms with Gasteiger partial charge in [0.15, 0.2) is 0 Å². The minimum Gasteiger partial charge on any atom is -0.465 e. The van der Waals surface area contributed by atoms with Gasteiger partial charge < -0.3 is 24.4 Å². The highest BCUT2D eigenvalue weighted by molar-refractivity contribution is 5.98. The van der Waals surface area contributed by atoms with Crippen molar-refractivity contribution in [1.29, 1.82) is 0 Å². The van der Waals surface area contributed by atoms with Gasteiger partial charge in [-0.2, -0.15) is 0 Å². The van der Waals surface area contributed by atoms with Gasteiger partial charge in [0.2, 0.25) is 11.8 Å². The molecule has 2 unspecified atom stereocenters. The highest BCUT2D eigenvalue weighted by Crippen LogP contribution is 2.63. The molecule has 202 valence electrons. The maximum Gasteiger partial charge on any atom is 0.312 e. The van der Waals surface area contributed by atoms with Crippen molar-refractivity contribution in [2.75, 3.05) is 26.3 Å². The maximum atomic E-state index is 14.2. The first-order chi connectivity index (χ1) is 17.0. The van der Waals surface area contributed by atoms with Crippen LogP contribution in [0.5, 0.6) is 0 Å². The van der Waals surface area contributed by atoms with Crippen molar-refractivity contribution in [2.45, 2.75) is 95.4 Å². The van der Waals surface area contributed by atoms with Crippen LogP contribution in [0.3, 0.4) is 0 Å². The van der Waals surface area contributed by atoms with Gasteiger partial charge in [-0.05, 0) is 72.6 Å². The van der Waals surface area contributed by atoms with Crippen molar-refractivity contribution in [3.8, 4) is 0 Å². The number of likely N-dealkylation sites (tertiary alicyclic amines) is 1. The Morgan fingerprint density at radius 1 is 1.19 bits per heavy atom. The van der Waals surface area contributed by atoms with Crippen LogP contribution in [-0.4, -0.2) is 81.8 Å². The molecule has 3 rings (SSSR count). The summed E-state index contributed by atoms with van der Waals surface area (Å²) in [7, 11) is 0. The van der Waals surface area contributed by atoms with Crippen LogP contribution in [-0.2, 0) is 23.9 Å². The quantitative estimate of drug-likeness (QED) is 0.235. The molecule has 0 radical (unpaired) electrons. The van der Waals surface area contributed by atoms with Crippen molar-refractivity contribution in [3.05, 3.63) is 25.3 Å². The van der Waals surface area contributed by atoms with Crippen LogP contribution in [0.2, 0.25) is 0 Å². The lowest BCUT2D eigenvalue weighted by Gasteiger charge is -2.42. The average molecular weight is 505 g/mol. The SMILES string of the molecule is C=CCCCOC(=O)[C@@H]1[C@H]2C(=O)N(CCCCCO)C(C(=O)N(CC=C)C(C)(C)C)C23CC[C@@]1(C)O3. The van der Waals surface area contributed by atoms with Crippen LogP contribution in [0, 0.1) is 11.8 Å². The Hall–Kier alpha value is -2.19. The fourth-order valence-electron chi connectivity index (χ4n) is 6.34. The van der Waals surface area contributed by atoms with E-state index < -0.39 is 40.6 Å². The van der Waals surface area contributed by atoms with Gasteiger partial charge in [0.05, 0.1) is 18.1 Å². The van der Waals surface area contributed by atoms with Crippen LogP contribution in [0.4, 0.5) is 0 Å². The highest BCUT2D eigenvalue weighted by Gasteiger charge is 2.78. The standard InChI is InChI=1S/C28H44N2O6/c1-7-9-13-19-35-25(34)21-20-23(32)29(17-11-10-12-18-31)22(28(20)15-14-27(21,6)36-28)24(33)30(16-8-2)26(3,4)5/h7-8,20-22,31H,1-2,9-19H2,3-6H3/t20-,21-,22?,27+,28?/m0/s1. The van der Waals surface area contributed by atoms with Gasteiger partial charge in [-0.3, -0.25) is 14.4 Å². The summed E-state index contributed by atoms with van der Waals surface area (Å²) in [5.74, 6) is -2.30. The van der Waals surface area contributed by atoms with E-state index in [0.29, 0.717) is 45.2 Å². The Kier molecular flexibility index (Phi) is 8.71. The third-order valence-electron chi connectivity index (χ3n) is 8.01. The first kappa shape index (κ1) is 28.4. The highest BCUT2D eigenvalue weighted by atomic mass is 16.6. The monoisotopic (exact) mass is 504 g/mol. The van der Waals surface area contributed by atoms with E-state index in [1.54, 1.807) is 22.0 Å². The van der Waals surface area contributed by atoms with Crippen LogP contribution in [0.25, 0.3) is 0 Å². The lowest BCUT2D eigenvalue weighted by atomic mass is 9.66. The number of aliphatic hydroxyl groups excluding tert-OH is 1. The number of hydrogen-bond donors (Lipinski definition) is 1. The summed E-state index contributed by atoms with van der Waals surface area (Å²) in [5.41, 5.74) is -2.40. The summed E-state index contributed by atoms with van der Waals surface area (Å²) >= 11 is 0. The lowest BCUT2D eigenvalue weighted by molar-refractivity contribution is -0.161. The molecule has 3 heterocycles. The van der Waals surface area contributed by atoms with E-state index in [9.17, 15) is 19.5 Å². The molecular formula is C28H44N2O6. The molecule has 1 N–H and O–H groups in total. The maximum absolute atomic E-state index is 14.2. The fraction of sp³-hybridized carbons (Fsp3) is 0.750. The third kappa shape index (κ3) is 4.99. The Labute approximate surface area is 215 Å². The van der Waals surface area contributed by atoms with Gasteiger partial charge in [0, 0.05) is 25.2 Å². The van der Waals surface area contributed by atoms with E-state index in [2.05, 4.69) is 13.2 Å². The van der Waals surface area contributed by atoms with Crippen molar-refractivity contribution in [3.63, 3.8) is 0 Å². The topological polar surface area (TPSA) is 96.4 Å². The molecule has 0 saturated carbocycles. The smallest absolute Gasteiger partial charge is 0.312 e. The fourth-order valence-corrected chi connectivity index (χ4v) is 6.34. The van der Waals surface area contributed by atoms with Gasteiger partial charge in [0.1, 0.15) is 17.6 Å². The number of carbonyl (C=O) groups excluding carboxylic acids is 3. The second-order valence-corrected chi connectivity index (χ2v) is 11.6. The number of rotatable bonds is 13. The number of ether oxygens (including phenoxy) is 2. The molecule has 5 atom stereocenters. The summed E-state index contributed by atoms with van der Waals surface area (Å²) in [6.45, 7) is 16.4. The van der Waals surface area contributed by atoms with Crippen molar-refractivity contribution >= 4 is 17.8 Å². The molecule has 2 amide bonds. The van der Waals surface area contributed by atoms with E-state index in [4.69, 9.17) is 9.47 Å². The Balaban J connectivity index is 1.98. The molecule has 0 aromatic carbocycles. The molecule has 0 aromatic heterocycles. The average Bonchev–Trinajstić information content (AvgIpc) is 3.37. The molecule has 36 heavy (non-hydrogen) atoms. The van der Waals surface area contributed by atoms with Crippen molar-refractivity contribution < 1.29 is 29.0 Å². The molecule has 3 aliphatic heterocycles. The Morgan fingerprint density at radius 2 is 1.92 bits per heavy atom. The van der Waals surface area contributed by atoms with Gasteiger partial charge in [-0.15, -0.1) is 13.2 Å². The second kappa shape index (κ2) is 11.1. The van der Waals surface area contributed by atoms with E-state index in [-0.39, 0.29) is 25.0 Å². The molecule has 0 aliphatic carbocycles. The summed E-state index contributed by atoms with van der Waals surface area (Å²) < 4.78 is 12.3. The number of esters is 1. The number of unbranched alkanes of at least 4 members (excludes halogenated alkanes) is 3. The van der Waals surface area contributed by atoms with Gasteiger partial charge in [0.25, 0.3) is 0 Å². The third-order valence-corrected chi connectivity index (χ3v) is 8.01. The zero-order valence-electron chi connectivity index (χ0n) is 22.5. The minimum absolute atomic E-state index is 0.0846. The number of carbonyl (C=O) groups is 3. The molecule has 0 aromatic rings. The summed E-state index contributed by atoms with van der Waals surface area (Å²) in [6.07, 6.45) is 8.03. The molecular weight excluding hydrogens is 460 g/mol. The molecule has 8 heteroatoms. The largest absolute Gasteiger partial charge is 0.465 e. The van der Waals surface area contributed by atoms with E-state index in [1.807, 2.05) is 27.7 Å². The first-order valence-electron chi connectivity index (χ1n) is 13.3. The van der Waals surface area contributed by atoms with Crippen LogP contribution < -0.4 is 0 Å². The number of amides is 2.